The molecule has 1 aromatic carbocycles. The van der Waals surface area contributed by atoms with Gasteiger partial charge in [-0.2, -0.15) is 4.31 Å². The van der Waals surface area contributed by atoms with Crippen molar-refractivity contribution < 1.29 is 18.6 Å². The molecule has 1 aromatic rings. The van der Waals surface area contributed by atoms with Crippen LogP contribution in [-0.4, -0.2) is 42.1 Å². The first-order valence-corrected chi connectivity index (χ1v) is 8.81. The van der Waals surface area contributed by atoms with Gasteiger partial charge in [0.25, 0.3) is 0 Å². The van der Waals surface area contributed by atoms with Crippen molar-refractivity contribution >= 4 is 10.0 Å². The van der Waals surface area contributed by atoms with Gasteiger partial charge in [-0.3, -0.25) is 0 Å². The molecule has 21 heavy (non-hydrogen) atoms. The van der Waals surface area contributed by atoms with Crippen molar-refractivity contribution in [2.24, 2.45) is 0 Å². The van der Waals surface area contributed by atoms with Crippen LogP contribution in [0, 0.1) is 0 Å². The molecule has 0 bridgehead atoms. The molecular formula is C15H23NO4S. The average Bonchev–Trinajstić information content (AvgIpc) is 2.94. The molecule has 2 atom stereocenters. The van der Waals surface area contributed by atoms with Gasteiger partial charge >= 0.3 is 0 Å². The van der Waals surface area contributed by atoms with Gasteiger partial charge in [-0.05, 0) is 50.3 Å². The van der Waals surface area contributed by atoms with E-state index in [2.05, 4.69) is 0 Å². The molecule has 2 rings (SSSR count). The number of aliphatic hydroxyl groups is 2. The zero-order chi connectivity index (χ0) is 15.5. The van der Waals surface area contributed by atoms with E-state index in [0.717, 1.165) is 12.8 Å². The van der Waals surface area contributed by atoms with Gasteiger partial charge in [0.05, 0.1) is 11.0 Å². The van der Waals surface area contributed by atoms with E-state index in [1.165, 1.54) is 0 Å². The van der Waals surface area contributed by atoms with Crippen molar-refractivity contribution in [1.29, 1.82) is 0 Å². The lowest BCUT2D eigenvalue weighted by molar-refractivity contribution is 0.199. The van der Waals surface area contributed by atoms with Gasteiger partial charge in [-0.1, -0.05) is 12.1 Å². The van der Waals surface area contributed by atoms with Crippen LogP contribution in [-0.2, 0) is 10.0 Å². The van der Waals surface area contributed by atoms with E-state index < -0.39 is 16.1 Å². The fourth-order valence-electron chi connectivity index (χ4n) is 2.81. The maximum Gasteiger partial charge on any atom is 0.243 e. The summed E-state index contributed by atoms with van der Waals surface area (Å²) in [5.74, 6) is 0. The van der Waals surface area contributed by atoms with Crippen LogP contribution in [0.2, 0.25) is 0 Å². The summed E-state index contributed by atoms with van der Waals surface area (Å²) in [7, 11) is -3.53. The van der Waals surface area contributed by atoms with Crippen LogP contribution in [0.5, 0.6) is 0 Å². The molecule has 0 saturated carbocycles. The number of aliphatic hydroxyl groups excluding tert-OH is 2. The van der Waals surface area contributed by atoms with Gasteiger partial charge in [-0.25, -0.2) is 8.42 Å². The van der Waals surface area contributed by atoms with E-state index in [0.29, 0.717) is 24.9 Å². The predicted molar refractivity (Wildman–Crippen MR) is 80.3 cm³/mol. The second-order valence-corrected chi connectivity index (χ2v) is 7.42. The highest BCUT2D eigenvalue weighted by molar-refractivity contribution is 7.89. The molecule has 0 amide bonds. The van der Waals surface area contributed by atoms with Gasteiger partial charge in [0.1, 0.15) is 0 Å². The smallest absolute Gasteiger partial charge is 0.243 e. The molecule has 1 heterocycles. The molecule has 0 aliphatic carbocycles. The van der Waals surface area contributed by atoms with Crippen molar-refractivity contribution in [3.8, 4) is 0 Å². The van der Waals surface area contributed by atoms with Crippen LogP contribution < -0.4 is 0 Å². The van der Waals surface area contributed by atoms with Crippen LogP contribution in [0.4, 0.5) is 0 Å². The maximum absolute atomic E-state index is 12.8. The highest BCUT2D eigenvalue weighted by Gasteiger charge is 2.34. The van der Waals surface area contributed by atoms with Gasteiger partial charge in [0, 0.05) is 19.2 Å². The lowest BCUT2D eigenvalue weighted by Crippen LogP contribution is -2.35. The Bertz CT molecular complexity index is 571. The highest BCUT2D eigenvalue weighted by Crippen LogP contribution is 2.29. The summed E-state index contributed by atoms with van der Waals surface area (Å²) in [6.45, 7) is 2.23. The van der Waals surface area contributed by atoms with Crippen molar-refractivity contribution in [2.75, 3.05) is 13.2 Å². The fourth-order valence-corrected chi connectivity index (χ4v) is 4.59. The normalized spacial score (nSPS) is 21.6. The third-order valence-electron chi connectivity index (χ3n) is 3.97. The zero-order valence-electron chi connectivity index (χ0n) is 12.3. The van der Waals surface area contributed by atoms with Crippen molar-refractivity contribution in [2.45, 2.75) is 49.6 Å². The van der Waals surface area contributed by atoms with Crippen LogP contribution >= 0.6 is 0 Å². The van der Waals surface area contributed by atoms with Crippen LogP contribution in [0.25, 0.3) is 0 Å². The molecule has 2 N–H and O–H groups in total. The number of nitrogens with zero attached hydrogens (tertiary/aromatic N) is 1. The monoisotopic (exact) mass is 313 g/mol. The lowest BCUT2D eigenvalue weighted by atomic mass is 10.1. The molecule has 0 radical (unpaired) electrons. The van der Waals surface area contributed by atoms with Gasteiger partial charge in [0.15, 0.2) is 0 Å². The highest BCUT2D eigenvalue weighted by atomic mass is 32.2. The Kier molecular flexibility index (Phi) is 5.37. The molecule has 1 saturated heterocycles. The predicted octanol–water partition coefficient (Wildman–Crippen LogP) is 1.67. The summed E-state index contributed by atoms with van der Waals surface area (Å²) >= 11 is 0. The number of sulfonamides is 1. The molecule has 1 aliphatic heterocycles. The summed E-state index contributed by atoms with van der Waals surface area (Å²) in [5, 5.41) is 18.5. The van der Waals surface area contributed by atoms with E-state index in [4.69, 9.17) is 5.11 Å². The number of rotatable bonds is 6. The van der Waals surface area contributed by atoms with E-state index in [1.807, 2.05) is 0 Å². The molecule has 6 heteroatoms. The van der Waals surface area contributed by atoms with Crippen molar-refractivity contribution in [3.63, 3.8) is 0 Å². The van der Waals surface area contributed by atoms with Crippen molar-refractivity contribution in [3.05, 3.63) is 29.8 Å². The minimum Gasteiger partial charge on any atom is -0.396 e. The fraction of sp³-hybridized carbons (Fsp3) is 0.600. The molecule has 2 unspecified atom stereocenters. The molecule has 1 fully saturated rings. The number of benzene rings is 1. The number of hydrogen-bond donors (Lipinski definition) is 2. The van der Waals surface area contributed by atoms with Gasteiger partial charge in [-0.15, -0.1) is 0 Å². The Hall–Kier alpha value is -0.950. The topological polar surface area (TPSA) is 77.8 Å². The SMILES string of the molecule is CC(O)c1cccc(S(=O)(=O)N2CCCC2CCCO)c1. The Balaban J connectivity index is 2.26. The van der Waals surface area contributed by atoms with Gasteiger partial charge in [0.2, 0.25) is 10.0 Å². The molecule has 0 spiro atoms. The average molecular weight is 313 g/mol. The van der Waals surface area contributed by atoms with E-state index >= 15 is 0 Å². The number of hydrogen-bond acceptors (Lipinski definition) is 4. The van der Waals surface area contributed by atoms with Crippen molar-refractivity contribution in [1.82, 2.24) is 4.31 Å². The summed E-state index contributed by atoms with van der Waals surface area (Å²) in [6.07, 6.45) is 2.31. The van der Waals surface area contributed by atoms with E-state index in [1.54, 1.807) is 35.5 Å². The first kappa shape index (κ1) is 16.4. The largest absolute Gasteiger partial charge is 0.396 e. The minimum absolute atomic E-state index is 0.0302. The molecule has 5 nitrogen and oxygen atoms in total. The summed E-state index contributed by atoms with van der Waals surface area (Å²) in [6, 6.07) is 6.46. The van der Waals surface area contributed by atoms with E-state index in [-0.39, 0.29) is 17.5 Å². The first-order valence-electron chi connectivity index (χ1n) is 7.37. The Morgan fingerprint density at radius 1 is 1.43 bits per heavy atom. The molecule has 1 aliphatic rings. The quantitative estimate of drug-likeness (QED) is 0.837. The molecule has 0 aromatic heterocycles. The van der Waals surface area contributed by atoms with Crippen LogP contribution in [0.3, 0.4) is 0 Å². The Morgan fingerprint density at radius 2 is 2.19 bits per heavy atom. The summed E-state index contributed by atoms with van der Waals surface area (Å²) < 4.78 is 27.1. The van der Waals surface area contributed by atoms with E-state index in [9.17, 15) is 13.5 Å². The molecular weight excluding hydrogens is 290 g/mol. The third kappa shape index (κ3) is 3.63. The Labute approximate surface area is 126 Å². The van der Waals surface area contributed by atoms with Crippen LogP contribution in [0.1, 0.15) is 44.3 Å². The van der Waals surface area contributed by atoms with Gasteiger partial charge < -0.3 is 10.2 Å². The first-order chi connectivity index (χ1) is 9.96. The second kappa shape index (κ2) is 6.87. The maximum atomic E-state index is 12.8. The third-order valence-corrected chi connectivity index (χ3v) is 5.91. The molecule has 118 valence electrons. The Morgan fingerprint density at radius 3 is 2.86 bits per heavy atom. The minimum atomic E-state index is -3.53. The summed E-state index contributed by atoms with van der Waals surface area (Å²) in [4.78, 5) is 0.233. The second-order valence-electron chi connectivity index (χ2n) is 5.53. The zero-order valence-corrected chi connectivity index (χ0v) is 13.1. The van der Waals surface area contributed by atoms with Crippen LogP contribution in [0.15, 0.2) is 29.2 Å². The standard InChI is InChI=1S/C15H23NO4S/c1-12(18)13-5-2-8-15(11-13)21(19,20)16-9-3-6-14(16)7-4-10-17/h2,5,8,11-12,14,17-18H,3-4,6-7,9-10H2,1H3. The lowest BCUT2D eigenvalue weighted by Gasteiger charge is -2.24. The summed E-state index contributed by atoms with van der Waals surface area (Å²) in [5.41, 5.74) is 0.599.